The molecule has 0 aromatic heterocycles. The molecule has 49 heavy (non-hydrogen) atoms. The quantitative estimate of drug-likeness (QED) is 0.0627. The third-order valence-corrected chi connectivity index (χ3v) is 10.2. The Morgan fingerprint density at radius 1 is 0.347 bits per heavy atom. The maximum Gasteiger partial charge on any atom is 0.221 e. The lowest BCUT2D eigenvalue weighted by Gasteiger charge is -2.20. The summed E-state index contributed by atoms with van der Waals surface area (Å²) in [6.45, 7) is 9.76. The molecule has 6 nitrogen and oxygen atoms in total. The molecule has 0 unspecified atom stereocenters. The van der Waals surface area contributed by atoms with Gasteiger partial charge in [0.15, 0.2) is 0 Å². The molecule has 0 aromatic rings. The van der Waals surface area contributed by atoms with Crippen molar-refractivity contribution in [2.45, 2.75) is 213 Å². The summed E-state index contributed by atoms with van der Waals surface area (Å²) >= 11 is 0. The van der Waals surface area contributed by atoms with E-state index in [9.17, 15) is 9.59 Å². The molecule has 2 N–H and O–H groups in total. The Bertz CT molecular complexity index is 633. The summed E-state index contributed by atoms with van der Waals surface area (Å²) < 4.78 is 0. The van der Waals surface area contributed by atoms with Gasteiger partial charge in [0.05, 0.1) is 0 Å². The van der Waals surface area contributed by atoms with Crippen LogP contribution in [0, 0.1) is 0 Å². The molecule has 0 heterocycles. The number of amides is 2. The third kappa shape index (κ3) is 39.5. The van der Waals surface area contributed by atoms with Gasteiger partial charge in [-0.15, -0.1) is 0 Å². The highest BCUT2D eigenvalue weighted by Crippen LogP contribution is 2.14. The van der Waals surface area contributed by atoms with Crippen LogP contribution in [-0.4, -0.2) is 75.0 Å². The highest BCUT2D eigenvalue weighted by molar-refractivity contribution is 5.76. The minimum atomic E-state index is 0.179. The zero-order valence-electron chi connectivity index (χ0n) is 33.9. The molecule has 0 aliphatic heterocycles. The van der Waals surface area contributed by atoms with E-state index in [1.54, 1.807) is 0 Å². The number of carbonyl (C=O) groups excluding carboxylic acids is 2. The summed E-state index contributed by atoms with van der Waals surface area (Å²) in [7, 11) is 4.21. The van der Waals surface area contributed by atoms with E-state index >= 15 is 0 Å². The highest BCUT2D eigenvalue weighted by Gasteiger charge is 2.07. The van der Waals surface area contributed by atoms with Gasteiger partial charge < -0.3 is 20.4 Å². The van der Waals surface area contributed by atoms with Gasteiger partial charge in [0.25, 0.3) is 0 Å². The van der Waals surface area contributed by atoms with Crippen LogP contribution in [-0.2, 0) is 9.59 Å². The van der Waals surface area contributed by atoms with Crippen LogP contribution in [0.5, 0.6) is 0 Å². The molecule has 0 saturated heterocycles. The predicted molar refractivity (Wildman–Crippen MR) is 215 cm³/mol. The summed E-state index contributed by atoms with van der Waals surface area (Å²) in [6.07, 6.45) is 40.3. The second-order valence-corrected chi connectivity index (χ2v) is 15.4. The second-order valence-electron chi connectivity index (χ2n) is 15.4. The van der Waals surface area contributed by atoms with E-state index < -0.39 is 0 Å². The largest absolute Gasteiger partial charge is 0.356 e. The van der Waals surface area contributed by atoms with Crippen molar-refractivity contribution in [3.8, 4) is 0 Å². The molecule has 0 bridgehead atoms. The van der Waals surface area contributed by atoms with Gasteiger partial charge in [-0.2, -0.15) is 0 Å². The first kappa shape index (κ1) is 47.9. The monoisotopic (exact) mass is 693 g/mol. The van der Waals surface area contributed by atoms with Gasteiger partial charge in [-0.1, -0.05) is 181 Å². The summed E-state index contributed by atoms with van der Waals surface area (Å²) in [4.78, 5) is 29.0. The van der Waals surface area contributed by atoms with E-state index in [1.165, 1.54) is 167 Å². The van der Waals surface area contributed by atoms with Crippen LogP contribution >= 0.6 is 0 Å². The molecule has 0 radical (unpaired) electrons. The van der Waals surface area contributed by atoms with E-state index in [2.05, 4.69) is 48.4 Å². The van der Waals surface area contributed by atoms with Crippen molar-refractivity contribution >= 4 is 11.8 Å². The molecule has 0 aliphatic carbocycles. The predicted octanol–water partition coefficient (Wildman–Crippen LogP) is 11.2. The number of unbranched alkanes of at least 4 members (excludes halogenated alkanes) is 26. The Hall–Kier alpha value is -1.14. The van der Waals surface area contributed by atoms with Gasteiger partial charge >= 0.3 is 0 Å². The van der Waals surface area contributed by atoms with E-state index in [4.69, 9.17) is 0 Å². The molecule has 0 atom stereocenters. The molecule has 0 aliphatic rings. The lowest BCUT2D eigenvalue weighted by atomic mass is 10.0. The Morgan fingerprint density at radius 3 is 0.857 bits per heavy atom. The fraction of sp³-hybridized carbons (Fsp3) is 0.953. The first-order valence-electron chi connectivity index (χ1n) is 21.9. The van der Waals surface area contributed by atoms with Gasteiger partial charge in [0, 0.05) is 39.0 Å². The van der Waals surface area contributed by atoms with E-state index in [0.29, 0.717) is 12.8 Å². The van der Waals surface area contributed by atoms with Crippen molar-refractivity contribution in [3.63, 3.8) is 0 Å². The lowest BCUT2D eigenvalue weighted by Crippen LogP contribution is -2.32. The van der Waals surface area contributed by atoms with Crippen LogP contribution in [0.25, 0.3) is 0 Å². The number of hydrogen-bond donors (Lipinski definition) is 2. The maximum atomic E-state index is 12.3. The number of nitrogens with one attached hydrogen (secondary N) is 2. The molecule has 0 rings (SSSR count). The zero-order valence-corrected chi connectivity index (χ0v) is 33.9. The summed E-state index contributed by atoms with van der Waals surface area (Å²) in [5.74, 6) is 0.359. The SMILES string of the molecule is CCCCCCCCCCCCCCCCNC(=O)CCN(C)CCCN(C)CCC(=O)NCCCCCCCCCCCCCCCC. The second kappa shape index (κ2) is 39.6. The van der Waals surface area contributed by atoms with E-state index in [1.807, 2.05) is 0 Å². The minimum absolute atomic E-state index is 0.179. The van der Waals surface area contributed by atoms with Gasteiger partial charge in [-0.25, -0.2) is 0 Å². The van der Waals surface area contributed by atoms with Gasteiger partial charge in [-0.05, 0) is 46.4 Å². The number of hydrogen-bond acceptors (Lipinski definition) is 4. The standard InChI is InChI=1S/C43H88N4O2/c1-5-7-9-11-13-15-17-19-21-23-25-27-29-31-36-44-42(48)34-40-46(3)38-33-39-47(4)41-35-43(49)45-37-32-30-28-26-24-22-20-18-16-14-12-10-8-6-2/h5-41H2,1-4H3,(H,44,48)(H,45,49). The minimum Gasteiger partial charge on any atom is -0.356 e. The molecule has 2 amide bonds. The number of nitrogens with zero attached hydrogens (tertiary/aromatic N) is 2. The first-order valence-corrected chi connectivity index (χ1v) is 21.9. The summed E-state index contributed by atoms with van der Waals surface area (Å²) in [5.41, 5.74) is 0. The van der Waals surface area contributed by atoms with Gasteiger partial charge in [-0.3, -0.25) is 9.59 Å². The topological polar surface area (TPSA) is 64.7 Å². The molecule has 0 saturated carbocycles. The van der Waals surface area contributed by atoms with Crippen molar-refractivity contribution in [1.29, 1.82) is 0 Å². The number of carbonyl (C=O) groups is 2. The molecule has 6 heteroatoms. The normalized spacial score (nSPS) is 11.6. The average Bonchev–Trinajstić information content (AvgIpc) is 3.09. The first-order chi connectivity index (χ1) is 24.0. The van der Waals surface area contributed by atoms with E-state index in [0.717, 1.165) is 58.5 Å². The van der Waals surface area contributed by atoms with Crippen LogP contribution in [0.3, 0.4) is 0 Å². The van der Waals surface area contributed by atoms with Crippen LogP contribution in [0.2, 0.25) is 0 Å². The van der Waals surface area contributed by atoms with Gasteiger partial charge in [0.2, 0.25) is 11.8 Å². The third-order valence-electron chi connectivity index (χ3n) is 10.2. The Kier molecular flexibility index (Phi) is 38.7. The molecular formula is C43H88N4O2. The smallest absolute Gasteiger partial charge is 0.221 e. The van der Waals surface area contributed by atoms with Crippen molar-refractivity contribution in [2.75, 3.05) is 53.4 Å². The summed E-state index contributed by atoms with van der Waals surface area (Å²) in [6, 6.07) is 0. The van der Waals surface area contributed by atoms with Gasteiger partial charge in [0.1, 0.15) is 0 Å². The van der Waals surface area contributed by atoms with Crippen LogP contribution in [0.1, 0.15) is 213 Å². The fourth-order valence-electron chi connectivity index (χ4n) is 6.69. The van der Waals surface area contributed by atoms with E-state index in [-0.39, 0.29) is 11.8 Å². The Morgan fingerprint density at radius 2 is 0.592 bits per heavy atom. The molecule has 292 valence electrons. The Balaban J connectivity index is 3.45. The molecule has 0 aromatic carbocycles. The molecule has 0 spiro atoms. The van der Waals surface area contributed by atoms with Crippen LogP contribution in [0.4, 0.5) is 0 Å². The average molecular weight is 693 g/mol. The number of rotatable bonds is 40. The van der Waals surface area contributed by atoms with Crippen molar-refractivity contribution < 1.29 is 9.59 Å². The maximum absolute atomic E-state index is 12.3. The summed E-state index contributed by atoms with van der Waals surface area (Å²) in [5, 5.41) is 6.23. The van der Waals surface area contributed by atoms with Crippen molar-refractivity contribution in [1.82, 2.24) is 20.4 Å². The highest BCUT2D eigenvalue weighted by atomic mass is 16.2. The zero-order chi connectivity index (χ0) is 35.9. The van der Waals surface area contributed by atoms with Crippen LogP contribution < -0.4 is 10.6 Å². The Labute approximate surface area is 307 Å². The molecule has 0 fully saturated rings. The fourth-order valence-corrected chi connectivity index (χ4v) is 6.69. The lowest BCUT2D eigenvalue weighted by molar-refractivity contribution is -0.122. The molecular weight excluding hydrogens is 604 g/mol. The van der Waals surface area contributed by atoms with Crippen molar-refractivity contribution in [3.05, 3.63) is 0 Å². The van der Waals surface area contributed by atoms with Crippen LogP contribution in [0.15, 0.2) is 0 Å². The van der Waals surface area contributed by atoms with Crippen molar-refractivity contribution in [2.24, 2.45) is 0 Å².